The molecule has 0 spiro atoms. The standard InChI is InChI=1S/C13H16FN5/c14-11-3-1-2-10(4-5-15)13(11)18-6-7-19-9-16-17-12(19)8-18/h1-3,9H,4-8,15H2. The topological polar surface area (TPSA) is 60.0 Å². The molecule has 0 amide bonds. The average Bonchev–Trinajstić information content (AvgIpc) is 2.86. The summed E-state index contributed by atoms with van der Waals surface area (Å²) < 4.78 is 16.1. The third kappa shape index (κ3) is 2.19. The first kappa shape index (κ1) is 12.1. The Kier molecular flexibility index (Phi) is 3.16. The first-order valence-corrected chi connectivity index (χ1v) is 6.38. The smallest absolute Gasteiger partial charge is 0.152 e. The molecule has 3 rings (SSSR count). The van der Waals surface area contributed by atoms with Crippen molar-refractivity contribution in [2.45, 2.75) is 19.5 Å². The minimum absolute atomic E-state index is 0.195. The number of hydrogen-bond acceptors (Lipinski definition) is 4. The highest BCUT2D eigenvalue weighted by Crippen LogP contribution is 2.27. The molecule has 100 valence electrons. The molecule has 0 radical (unpaired) electrons. The van der Waals surface area contributed by atoms with Gasteiger partial charge in [0, 0.05) is 13.1 Å². The predicted molar refractivity (Wildman–Crippen MR) is 70.2 cm³/mol. The number of para-hydroxylation sites is 1. The number of hydrogen-bond donors (Lipinski definition) is 1. The molecule has 1 aliphatic rings. The van der Waals surface area contributed by atoms with E-state index in [2.05, 4.69) is 10.2 Å². The van der Waals surface area contributed by atoms with Gasteiger partial charge in [-0.2, -0.15) is 0 Å². The van der Waals surface area contributed by atoms with E-state index in [1.165, 1.54) is 6.07 Å². The van der Waals surface area contributed by atoms with E-state index in [0.29, 0.717) is 25.2 Å². The van der Waals surface area contributed by atoms with Crippen LogP contribution in [0.4, 0.5) is 10.1 Å². The summed E-state index contributed by atoms with van der Waals surface area (Å²) in [6, 6.07) is 5.16. The van der Waals surface area contributed by atoms with Crippen LogP contribution in [0.15, 0.2) is 24.5 Å². The Labute approximate surface area is 110 Å². The maximum atomic E-state index is 14.1. The number of benzene rings is 1. The number of fused-ring (bicyclic) bond motifs is 1. The van der Waals surface area contributed by atoms with E-state index < -0.39 is 0 Å². The monoisotopic (exact) mass is 261 g/mol. The summed E-state index contributed by atoms with van der Waals surface area (Å²) in [4.78, 5) is 2.02. The Morgan fingerprint density at radius 1 is 1.32 bits per heavy atom. The summed E-state index contributed by atoms with van der Waals surface area (Å²) in [5.41, 5.74) is 7.21. The zero-order valence-electron chi connectivity index (χ0n) is 10.6. The van der Waals surface area contributed by atoms with E-state index in [-0.39, 0.29) is 5.82 Å². The van der Waals surface area contributed by atoms with Crippen LogP contribution in [0.2, 0.25) is 0 Å². The van der Waals surface area contributed by atoms with Crippen molar-refractivity contribution in [3.8, 4) is 0 Å². The minimum Gasteiger partial charge on any atom is -0.360 e. The number of aromatic nitrogens is 3. The Balaban J connectivity index is 1.95. The molecule has 0 saturated carbocycles. The zero-order valence-corrected chi connectivity index (χ0v) is 10.6. The van der Waals surface area contributed by atoms with Gasteiger partial charge < -0.3 is 15.2 Å². The van der Waals surface area contributed by atoms with E-state index in [4.69, 9.17) is 5.73 Å². The van der Waals surface area contributed by atoms with Gasteiger partial charge in [0.2, 0.25) is 0 Å². The molecule has 0 fully saturated rings. The van der Waals surface area contributed by atoms with E-state index >= 15 is 0 Å². The number of nitrogens with zero attached hydrogens (tertiary/aromatic N) is 4. The molecule has 0 atom stereocenters. The van der Waals surface area contributed by atoms with E-state index in [1.807, 2.05) is 15.5 Å². The van der Waals surface area contributed by atoms with Crippen LogP contribution in [0, 0.1) is 5.82 Å². The number of nitrogens with two attached hydrogens (primary N) is 1. The molecule has 0 saturated heterocycles. The third-order valence-electron chi connectivity index (χ3n) is 3.44. The first-order chi connectivity index (χ1) is 9.29. The summed E-state index contributed by atoms with van der Waals surface area (Å²) in [6.45, 7) is 2.63. The average molecular weight is 261 g/mol. The third-order valence-corrected chi connectivity index (χ3v) is 3.44. The van der Waals surface area contributed by atoms with Crippen LogP contribution < -0.4 is 10.6 Å². The molecule has 19 heavy (non-hydrogen) atoms. The van der Waals surface area contributed by atoms with Crippen LogP contribution in [0.5, 0.6) is 0 Å². The summed E-state index contributed by atoms with van der Waals surface area (Å²) in [7, 11) is 0. The van der Waals surface area contributed by atoms with Crippen LogP contribution in [-0.4, -0.2) is 27.9 Å². The lowest BCUT2D eigenvalue weighted by Gasteiger charge is -2.31. The molecule has 1 aromatic carbocycles. The lowest BCUT2D eigenvalue weighted by Crippen LogP contribution is -2.35. The molecule has 0 aliphatic carbocycles. The van der Waals surface area contributed by atoms with Gasteiger partial charge in [-0.25, -0.2) is 4.39 Å². The summed E-state index contributed by atoms with van der Waals surface area (Å²) in [5, 5.41) is 7.95. The van der Waals surface area contributed by atoms with Crippen molar-refractivity contribution in [3.05, 3.63) is 41.7 Å². The van der Waals surface area contributed by atoms with Gasteiger partial charge in [0.1, 0.15) is 12.1 Å². The molecule has 0 unspecified atom stereocenters. The Morgan fingerprint density at radius 2 is 2.21 bits per heavy atom. The Bertz CT molecular complexity index is 580. The van der Waals surface area contributed by atoms with Crippen LogP contribution in [0.25, 0.3) is 0 Å². The van der Waals surface area contributed by atoms with Gasteiger partial charge in [0.25, 0.3) is 0 Å². The van der Waals surface area contributed by atoms with Gasteiger partial charge in [-0.15, -0.1) is 10.2 Å². The Hall–Kier alpha value is -1.95. The summed E-state index contributed by atoms with van der Waals surface area (Å²) in [5.74, 6) is 0.673. The molecular weight excluding hydrogens is 245 g/mol. The highest BCUT2D eigenvalue weighted by Gasteiger charge is 2.22. The van der Waals surface area contributed by atoms with Gasteiger partial charge in [-0.05, 0) is 24.6 Å². The molecule has 2 heterocycles. The fourth-order valence-corrected chi connectivity index (χ4v) is 2.53. The van der Waals surface area contributed by atoms with Crippen molar-refractivity contribution in [2.24, 2.45) is 5.73 Å². The second-order valence-electron chi connectivity index (χ2n) is 4.65. The van der Waals surface area contributed by atoms with Gasteiger partial charge in [0.05, 0.1) is 12.2 Å². The number of rotatable bonds is 3. The van der Waals surface area contributed by atoms with Gasteiger partial charge >= 0.3 is 0 Å². The van der Waals surface area contributed by atoms with E-state index in [0.717, 1.165) is 24.5 Å². The fourth-order valence-electron chi connectivity index (χ4n) is 2.53. The molecule has 2 N–H and O–H groups in total. The largest absolute Gasteiger partial charge is 0.360 e. The second-order valence-corrected chi connectivity index (χ2v) is 4.65. The van der Waals surface area contributed by atoms with E-state index in [9.17, 15) is 4.39 Å². The van der Waals surface area contributed by atoms with Crippen molar-refractivity contribution in [1.29, 1.82) is 0 Å². The highest BCUT2D eigenvalue weighted by molar-refractivity contribution is 5.55. The van der Waals surface area contributed by atoms with Crippen LogP contribution in [0.1, 0.15) is 11.4 Å². The maximum absolute atomic E-state index is 14.1. The van der Waals surface area contributed by atoms with Crippen LogP contribution in [0.3, 0.4) is 0 Å². The molecule has 5 nitrogen and oxygen atoms in total. The normalized spacial score (nSPS) is 14.5. The molecule has 1 aromatic heterocycles. The molecule has 2 aromatic rings. The minimum atomic E-state index is -0.195. The molecule has 6 heteroatoms. The number of halogens is 1. The lowest BCUT2D eigenvalue weighted by atomic mass is 10.1. The molecule has 0 bridgehead atoms. The second kappa shape index (κ2) is 4.97. The molecular formula is C13H16FN5. The maximum Gasteiger partial charge on any atom is 0.152 e. The SMILES string of the molecule is NCCc1cccc(F)c1N1CCn2cnnc2C1. The predicted octanol–water partition coefficient (Wildman–Crippen LogP) is 0.939. The summed E-state index contributed by atoms with van der Waals surface area (Å²) >= 11 is 0. The molecule has 1 aliphatic heterocycles. The quantitative estimate of drug-likeness (QED) is 0.893. The van der Waals surface area contributed by atoms with Crippen molar-refractivity contribution in [1.82, 2.24) is 14.8 Å². The van der Waals surface area contributed by atoms with E-state index in [1.54, 1.807) is 12.4 Å². The van der Waals surface area contributed by atoms with Gasteiger partial charge in [0.15, 0.2) is 5.82 Å². The van der Waals surface area contributed by atoms with Crippen LogP contribution >= 0.6 is 0 Å². The van der Waals surface area contributed by atoms with Crippen molar-refractivity contribution >= 4 is 5.69 Å². The van der Waals surface area contributed by atoms with Crippen molar-refractivity contribution in [3.63, 3.8) is 0 Å². The highest BCUT2D eigenvalue weighted by atomic mass is 19.1. The number of anilines is 1. The fraction of sp³-hybridized carbons (Fsp3) is 0.385. The zero-order chi connectivity index (χ0) is 13.2. The van der Waals surface area contributed by atoms with Crippen LogP contribution in [-0.2, 0) is 19.5 Å². The Morgan fingerprint density at radius 3 is 3.05 bits per heavy atom. The van der Waals surface area contributed by atoms with Crippen molar-refractivity contribution in [2.75, 3.05) is 18.0 Å². The lowest BCUT2D eigenvalue weighted by molar-refractivity contribution is 0.542. The van der Waals surface area contributed by atoms with Crippen molar-refractivity contribution < 1.29 is 4.39 Å². The van der Waals surface area contributed by atoms with Gasteiger partial charge in [-0.3, -0.25) is 0 Å². The summed E-state index contributed by atoms with van der Waals surface area (Å²) in [6.07, 6.45) is 2.39. The first-order valence-electron chi connectivity index (χ1n) is 6.38. The van der Waals surface area contributed by atoms with Gasteiger partial charge in [-0.1, -0.05) is 12.1 Å².